The first kappa shape index (κ1) is 13.8. The number of nitro groups is 1. The zero-order valence-electron chi connectivity index (χ0n) is 10.7. The van der Waals surface area contributed by atoms with Crippen LogP contribution >= 0.6 is 0 Å². The average Bonchev–Trinajstić information content (AvgIpc) is 2.48. The summed E-state index contributed by atoms with van der Waals surface area (Å²) < 4.78 is 0. The number of rotatable bonds is 3. The summed E-state index contributed by atoms with van der Waals surface area (Å²) in [5.74, 6) is 5.86. The van der Waals surface area contributed by atoms with Gasteiger partial charge in [-0.25, -0.2) is 0 Å². The Bertz CT molecular complexity index is 639. The van der Waals surface area contributed by atoms with Gasteiger partial charge in [0.2, 0.25) is 0 Å². The third-order valence-electron chi connectivity index (χ3n) is 2.79. The molecule has 1 unspecified atom stereocenters. The zero-order chi connectivity index (χ0) is 14.4. The van der Waals surface area contributed by atoms with E-state index in [1.807, 2.05) is 30.3 Å². The van der Waals surface area contributed by atoms with Gasteiger partial charge in [0, 0.05) is 24.1 Å². The van der Waals surface area contributed by atoms with Crippen molar-refractivity contribution in [1.29, 1.82) is 0 Å². The Morgan fingerprint density at radius 3 is 2.35 bits per heavy atom. The van der Waals surface area contributed by atoms with Crippen molar-refractivity contribution >= 4 is 5.69 Å². The van der Waals surface area contributed by atoms with Gasteiger partial charge < -0.3 is 5.11 Å². The molecule has 0 amide bonds. The van der Waals surface area contributed by atoms with Gasteiger partial charge in [0.25, 0.3) is 5.69 Å². The molecule has 2 aromatic carbocycles. The summed E-state index contributed by atoms with van der Waals surface area (Å²) >= 11 is 0. The standard InChI is InChI=1S/C16H13NO3/c18-16(8-4-7-13-5-2-1-3-6-13)14-9-11-15(12-10-14)17(19)20/h1-3,5-6,9-12,16,18H,8H2. The maximum absolute atomic E-state index is 10.5. The highest BCUT2D eigenvalue weighted by molar-refractivity contribution is 5.36. The summed E-state index contributed by atoms with van der Waals surface area (Å²) in [6, 6.07) is 15.4. The lowest BCUT2D eigenvalue weighted by molar-refractivity contribution is -0.384. The second kappa shape index (κ2) is 6.50. The molecule has 0 aliphatic rings. The van der Waals surface area contributed by atoms with Gasteiger partial charge in [0.1, 0.15) is 0 Å². The highest BCUT2D eigenvalue weighted by Gasteiger charge is 2.09. The Morgan fingerprint density at radius 1 is 1.10 bits per heavy atom. The van der Waals surface area contributed by atoms with Crippen molar-refractivity contribution in [3.8, 4) is 11.8 Å². The zero-order valence-corrected chi connectivity index (χ0v) is 10.7. The van der Waals surface area contributed by atoms with Crippen molar-refractivity contribution in [2.75, 3.05) is 0 Å². The van der Waals surface area contributed by atoms with E-state index in [1.165, 1.54) is 12.1 Å². The molecule has 0 aromatic heterocycles. The normalized spacial score (nSPS) is 11.2. The van der Waals surface area contributed by atoms with Crippen LogP contribution in [-0.4, -0.2) is 10.0 Å². The van der Waals surface area contributed by atoms with E-state index < -0.39 is 11.0 Å². The second-order valence-electron chi connectivity index (χ2n) is 4.24. The molecular formula is C16H13NO3. The van der Waals surface area contributed by atoms with E-state index in [9.17, 15) is 15.2 Å². The van der Waals surface area contributed by atoms with E-state index in [4.69, 9.17) is 0 Å². The van der Waals surface area contributed by atoms with Crippen LogP contribution in [0.5, 0.6) is 0 Å². The van der Waals surface area contributed by atoms with Crippen LogP contribution in [0.15, 0.2) is 54.6 Å². The van der Waals surface area contributed by atoms with Crippen molar-refractivity contribution < 1.29 is 10.0 Å². The molecule has 4 nitrogen and oxygen atoms in total. The minimum atomic E-state index is -0.744. The minimum absolute atomic E-state index is 0.0105. The molecule has 1 N–H and O–H groups in total. The Labute approximate surface area is 116 Å². The summed E-state index contributed by atoms with van der Waals surface area (Å²) in [7, 11) is 0. The smallest absolute Gasteiger partial charge is 0.269 e. The maximum Gasteiger partial charge on any atom is 0.269 e. The van der Waals surface area contributed by atoms with Crippen LogP contribution in [0.25, 0.3) is 0 Å². The van der Waals surface area contributed by atoms with Gasteiger partial charge in [-0.05, 0) is 29.8 Å². The number of hydrogen-bond donors (Lipinski definition) is 1. The van der Waals surface area contributed by atoms with Crippen LogP contribution in [0.3, 0.4) is 0 Å². The van der Waals surface area contributed by atoms with Gasteiger partial charge in [0.15, 0.2) is 0 Å². The fraction of sp³-hybridized carbons (Fsp3) is 0.125. The van der Waals surface area contributed by atoms with E-state index in [1.54, 1.807) is 12.1 Å². The molecule has 0 radical (unpaired) electrons. The second-order valence-corrected chi connectivity index (χ2v) is 4.24. The molecule has 0 fully saturated rings. The van der Waals surface area contributed by atoms with E-state index in [0.717, 1.165) is 5.56 Å². The Balaban J connectivity index is 2.00. The first-order chi connectivity index (χ1) is 9.66. The molecule has 0 saturated heterocycles. The van der Waals surface area contributed by atoms with Gasteiger partial charge in [-0.15, -0.1) is 0 Å². The number of benzene rings is 2. The fourth-order valence-electron chi connectivity index (χ4n) is 1.71. The molecule has 20 heavy (non-hydrogen) atoms. The van der Waals surface area contributed by atoms with Gasteiger partial charge in [-0.1, -0.05) is 30.0 Å². The van der Waals surface area contributed by atoms with Gasteiger partial charge in [0.05, 0.1) is 11.0 Å². The summed E-state index contributed by atoms with van der Waals surface area (Å²) in [4.78, 5) is 10.1. The molecule has 4 heteroatoms. The van der Waals surface area contributed by atoms with Crippen LogP contribution in [0.1, 0.15) is 23.7 Å². The quantitative estimate of drug-likeness (QED) is 0.528. The molecule has 1 atom stereocenters. The van der Waals surface area contributed by atoms with Crippen molar-refractivity contribution in [2.24, 2.45) is 0 Å². The van der Waals surface area contributed by atoms with E-state index in [0.29, 0.717) is 5.56 Å². The van der Waals surface area contributed by atoms with Gasteiger partial charge in [-0.2, -0.15) is 0 Å². The summed E-state index contributed by atoms with van der Waals surface area (Å²) in [6.45, 7) is 0. The van der Waals surface area contributed by atoms with E-state index in [2.05, 4.69) is 11.8 Å². The molecule has 0 saturated carbocycles. The van der Waals surface area contributed by atoms with E-state index >= 15 is 0 Å². The monoisotopic (exact) mass is 267 g/mol. The Morgan fingerprint density at radius 2 is 1.75 bits per heavy atom. The summed E-state index contributed by atoms with van der Waals surface area (Å²) in [5, 5.41) is 20.5. The molecule has 0 aliphatic heterocycles. The molecule has 2 rings (SSSR count). The summed E-state index contributed by atoms with van der Waals surface area (Å²) in [5.41, 5.74) is 1.53. The third kappa shape index (κ3) is 3.67. The number of aliphatic hydroxyl groups excluding tert-OH is 1. The van der Waals surface area contributed by atoms with Crippen LogP contribution in [0, 0.1) is 22.0 Å². The van der Waals surface area contributed by atoms with Crippen LogP contribution < -0.4 is 0 Å². The molecule has 2 aromatic rings. The predicted molar refractivity (Wildman–Crippen MR) is 76.0 cm³/mol. The number of non-ortho nitro benzene ring substituents is 1. The van der Waals surface area contributed by atoms with Crippen molar-refractivity contribution in [3.05, 3.63) is 75.8 Å². The molecular weight excluding hydrogens is 254 g/mol. The van der Waals surface area contributed by atoms with Crippen LogP contribution in [-0.2, 0) is 0 Å². The topological polar surface area (TPSA) is 63.4 Å². The fourth-order valence-corrected chi connectivity index (χ4v) is 1.71. The third-order valence-corrected chi connectivity index (χ3v) is 2.79. The maximum atomic E-state index is 10.5. The molecule has 0 heterocycles. The SMILES string of the molecule is O=[N+]([O-])c1ccc(C(O)CC#Cc2ccccc2)cc1. The Hall–Kier alpha value is -2.64. The lowest BCUT2D eigenvalue weighted by Crippen LogP contribution is -1.96. The lowest BCUT2D eigenvalue weighted by atomic mass is 10.1. The van der Waals surface area contributed by atoms with E-state index in [-0.39, 0.29) is 12.1 Å². The first-order valence-corrected chi connectivity index (χ1v) is 6.13. The van der Waals surface area contributed by atoms with Crippen LogP contribution in [0.2, 0.25) is 0 Å². The lowest BCUT2D eigenvalue weighted by Gasteiger charge is -2.06. The molecule has 0 aliphatic carbocycles. The van der Waals surface area contributed by atoms with Crippen molar-refractivity contribution in [2.45, 2.75) is 12.5 Å². The van der Waals surface area contributed by atoms with Gasteiger partial charge in [-0.3, -0.25) is 10.1 Å². The van der Waals surface area contributed by atoms with Crippen LogP contribution in [0.4, 0.5) is 5.69 Å². The predicted octanol–water partition coefficient (Wildman–Crippen LogP) is 3.07. The first-order valence-electron chi connectivity index (χ1n) is 6.13. The minimum Gasteiger partial charge on any atom is -0.387 e. The number of hydrogen-bond acceptors (Lipinski definition) is 3. The van der Waals surface area contributed by atoms with Crippen molar-refractivity contribution in [1.82, 2.24) is 0 Å². The molecule has 0 bridgehead atoms. The highest BCUT2D eigenvalue weighted by atomic mass is 16.6. The molecule has 0 spiro atoms. The summed E-state index contributed by atoms with van der Waals surface area (Å²) in [6.07, 6.45) is -0.459. The molecule has 100 valence electrons. The largest absolute Gasteiger partial charge is 0.387 e. The Kier molecular flexibility index (Phi) is 4.48. The number of nitrogens with zero attached hydrogens (tertiary/aromatic N) is 1. The number of nitro benzene ring substituents is 1. The average molecular weight is 267 g/mol. The van der Waals surface area contributed by atoms with Gasteiger partial charge >= 0.3 is 0 Å². The highest BCUT2D eigenvalue weighted by Crippen LogP contribution is 2.19. The van der Waals surface area contributed by atoms with Crippen molar-refractivity contribution in [3.63, 3.8) is 0 Å². The number of aliphatic hydroxyl groups is 1.